The third kappa shape index (κ3) is 5.11. The number of anilines is 3. The molecule has 3 aromatic rings. The summed E-state index contributed by atoms with van der Waals surface area (Å²) in [6.07, 6.45) is 1.61. The fourth-order valence-corrected chi connectivity index (χ4v) is 2.54. The third-order valence-electron chi connectivity index (χ3n) is 3.64. The van der Waals surface area contributed by atoms with Crippen LogP contribution in [0.2, 0.25) is 5.15 Å². The quantitative estimate of drug-likeness (QED) is 0.537. The van der Waals surface area contributed by atoms with E-state index in [9.17, 15) is 5.11 Å². The lowest BCUT2D eigenvalue weighted by Crippen LogP contribution is -2.17. The first-order valence-corrected chi connectivity index (χ1v) is 9.20. The van der Waals surface area contributed by atoms with Gasteiger partial charge in [-0.2, -0.15) is 15.0 Å². The second kappa shape index (κ2) is 8.04. The van der Waals surface area contributed by atoms with E-state index in [-0.39, 0.29) is 6.04 Å². The Labute approximate surface area is 168 Å². The highest BCUT2D eigenvalue weighted by molar-refractivity contribution is 6.29. The van der Waals surface area contributed by atoms with E-state index in [4.69, 9.17) is 11.6 Å². The molecule has 0 saturated carbocycles. The van der Waals surface area contributed by atoms with Gasteiger partial charge in [-0.15, -0.1) is 0 Å². The summed E-state index contributed by atoms with van der Waals surface area (Å²) in [5, 5.41) is 16.9. The Morgan fingerprint density at radius 3 is 2.46 bits per heavy atom. The van der Waals surface area contributed by atoms with Gasteiger partial charge in [0.2, 0.25) is 11.9 Å². The number of hydrogen-bond acceptors (Lipinski definition) is 8. The van der Waals surface area contributed by atoms with E-state index in [1.54, 1.807) is 50.4 Å². The van der Waals surface area contributed by atoms with Gasteiger partial charge < -0.3 is 15.7 Å². The zero-order valence-electron chi connectivity index (χ0n) is 16.1. The Bertz CT molecular complexity index is 972. The molecule has 3 N–H and O–H groups in total. The molecule has 0 amide bonds. The molecule has 3 aromatic heterocycles. The van der Waals surface area contributed by atoms with Crippen LogP contribution in [0.25, 0.3) is 11.5 Å². The molecule has 0 aromatic carbocycles. The predicted octanol–water partition coefficient (Wildman–Crippen LogP) is 3.77. The van der Waals surface area contributed by atoms with Crippen LogP contribution in [0.1, 0.15) is 33.4 Å². The molecule has 0 aliphatic carbocycles. The van der Waals surface area contributed by atoms with Crippen LogP contribution in [0.15, 0.2) is 36.5 Å². The molecule has 0 bridgehead atoms. The molecule has 0 aliphatic rings. The van der Waals surface area contributed by atoms with Gasteiger partial charge >= 0.3 is 0 Å². The average Bonchev–Trinajstić information content (AvgIpc) is 2.60. The van der Waals surface area contributed by atoms with E-state index >= 15 is 0 Å². The van der Waals surface area contributed by atoms with Crippen LogP contribution in [0.3, 0.4) is 0 Å². The molecule has 28 heavy (non-hydrogen) atoms. The topological polar surface area (TPSA) is 109 Å². The molecule has 146 valence electrons. The Hall–Kier alpha value is -2.84. The molecule has 0 saturated heterocycles. The number of nitrogens with one attached hydrogen (secondary N) is 2. The summed E-state index contributed by atoms with van der Waals surface area (Å²) in [7, 11) is 0. The lowest BCUT2D eigenvalue weighted by Gasteiger charge is -2.17. The maximum absolute atomic E-state index is 10.2. The van der Waals surface area contributed by atoms with Gasteiger partial charge in [0.1, 0.15) is 16.4 Å². The van der Waals surface area contributed by atoms with Crippen molar-refractivity contribution in [2.24, 2.45) is 0 Å². The van der Waals surface area contributed by atoms with Crippen molar-refractivity contribution in [2.75, 3.05) is 10.6 Å². The van der Waals surface area contributed by atoms with Crippen LogP contribution in [0, 0.1) is 0 Å². The summed E-state index contributed by atoms with van der Waals surface area (Å²) in [6.45, 7) is 7.34. The highest BCUT2D eigenvalue weighted by atomic mass is 35.5. The minimum atomic E-state index is -1.06. The van der Waals surface area contributed by atoms with E-state index in [0.29, 0.717) is 39.9 Å². The van der Waals surface area contributed by atoms with Crippen LogP contribution in [0.4, 0.5) is 17.6 Å². The first-order chi connectivity index (χ1) is 13.2. The van der Waals surface area contributed by atoms with E-state index in [0.717, 1.165) is 0 Å². The van der Waals surface area contributed by atoms with E-state index in [2.05, 4.69) is 35.6 Å². The highest BCUT2D eigenvalue weighted by Crippen LogP contribution is 2.23. The van der Waals surface area contributed by atoms with Gasteiger partial charge in [-0.3, -0.25) is 4.98 Å². The molecular formula is C19H22ClN7O. The predicted molar refractivity (Wildman–Crippen MR) is 110 cm³/mol. The number of pyridine rings is 2. The lowest BCUT2D eigenvalue weighted by molar-refractivity contribution is 0.0739. The molecule has 0 fully saturated rings. The second-order valence-electron chi connectivity index (χ2n) is 7.06. The molecule has 0 aliphatic heterocycles. The Kier molecular flexibility index (Phi) is 5.71. The summed E-state index contributed by atoms with van der Waals surface area (Å²) in [5.74, 6) is 1.14. The Morgan fingerprint density at radius 1 is 1.04 bits per heavy atom. The normalized spacial score (nSPS) is 11.5. The third-order valence-corrected chi connectivity index (χ3v) is 3.85. The second-order valence-corrected chi connectivity index (χ2v) is 7.45. The van der Waals surface area contributed by atoms with Gasteiger partial charge in [0.05, 0.1) is 5.69 Å². The summed E-state index contributed by atoms with van der Waals surface area (Å²) >= 11 is 6.00. The van der Waals surface area contributed by atoms with Crippen molar-refractivity contribution in [1.82, 2.24) is 24.9 Å². The number of aliphatic hydroxyl groups is 1. The molecular weight excluding hydrogens is 378 g/mol. The van der Waals surface area contributed by atoms with Crippen LogP contribution in [0.5, 0.6) is 0 Å². The minimum Gasteiger partial charge on any atom is -0.384 e. The van der Waals surface area contributed by atoms with Crippen molar-refractivity contribution in [3.63, 3.8) is 0 Å². The van der Waals surface area contributed by atoms with Crippen molar-refractivity contribution in [3.8, 4) is 11.5 Å². The van der Waals surface area contributed by atoms with Crippen LogP contribution >= 0.6 is 11.6 Å². The van der Waals surface area contributed by atoms with Crippen molar-refractivity contribution in [2.45, 2.75) is 39.3 Å². The Balaban J connectivity index is 1.99. The SMILES string of the molecule is CC(C)Nc1nc(Nc2ccnc(C(C)(C)O)c2)nc(-c2cccc(Cl)n2)n1. The summed E-state index contributed by atoms with van der Waals surface area (Å²) in [5.41, 5.74) is 0.705. The largest absolute Gasteiger partial charge is 0.384 e. The van der Waals surface area contributed by atoms with E-state index < -0.39 is 5.60 Å². The molecule has 8 nitrogen and oxygen atoms in total. The van der Waals surface area contributed by atoms with Crippen molar-refractivity contribution >= 4 is 29.2 Å². The first kappa shape index (κ1) is 19.9. The van der Waals surface area contributed by atoms with Crippen molar-refractivity contribution in [3.05, 3.63) is 47.4 Å². The molecule has 0 unspecified atom stereocenters. The monoisotopic (exact) mass is 399 g/mol. The number of rotatable bonds is 6. The van der Waals surface area contributed by atoms with Crippen molar-refractivity contribution < 1.29 is 5.11 Å². The molecule has 0 spiro atoms. The van der Waals surface area contributed by atoms with Gasteiger partial charge in [-0.05, 0) is 52.0 Å². The Morgan fingerprint density at radius 2 is 1.79 bits per heavy atom. The maximum Gasteiger partial charge on any atom is 0.232 e. The lowest BCUT2D eigenvalue weighted by atomic mass is 10.0. The van der Waals surface area contributed by atoms with Crippen LogP contribution in [-0.2, 0) is 5.60 Å². The van der Waals surface area contributed by atoms with Gasteiger partial charge in [-0.25, -0.2) is 4.98 Å². The van der Waals surface area contributed by atoms with Gasteiger partial charge in [-0.1, -0.05) is 17.7 Å². The maximum atomic E-state index is 10.2. The van der Waals surface area contributed by atoms with E-state index in [1.165, 1.54) is 0 Å². The summed E-state index contributed by atoms with van der Waals surface area (Å²) in [6, 6.07) is 8.91. The average molecular weight is 400 g/mol. The highest BCUT2D eigenvalue weighted by Gasteiger charge is 2.18. The number of nitrogens with zero attached hydrogens (tertiary/aromatic N) is 5. The molecule has 0 atom stereocenters. The number of hydrogen-bond donors (Lipinski definition) is 3. The van der Waals surface area contributed by atoms with Crippen LogP contribution < -0.4 is 10.6 Å². The molecule has 9 heteroatoms. The molecule has 3 rings (SSSR count). The summed E-state index contributed by atoms with van der Waals surface area (Å²) in [4.78, 5) is 21.8. The molecule has 0 radical (unpaired) electrons. The number of aromatic nitrogens is 5. The van der Waals surface area contributed by atoms with Gasteiger partial charge in [0.15, 0.2) is 5.82 Å². The minimum absolute atomic E-state index is 0.137. The smallest absolute Gasteiger partial charge is 0.232 e. The number of halogens is 1. The summed E-state index contributed by atoms with van der Waals surface area (Å²) < 4.78 is 0. The zero-order valence-corrected chi connectivity index (χ0v) is 16.9. The first-order valence-electron chi connectivity index (χ1n) is 8.82. The standard InChI is InChI=1S/C19H22ClN7O/c1-11(2)22-17-25-16(13-6-5-7-15(20)24-13)26-18(27-17)23-12-8-9-21-14(10-12)19(3,4)28/h5-11,28H,1-4H3,(H2,21,22,23,25,26,27). The van der Waals surface area contributed by atoms with Gasteiger partial charge in [0.25, 0.3) is 0 Å². The fourth-order valence-electron chi connectivity index (χ4n) is 2.37. The van der Waals surface area contributed by atoms with Crippen LogP contribution in [-0.4, -0.2) is 36.1 Å². The zero-order chi connectivity index (χ0) is 20.3. The fraction of sp³-hybridized carbons (Fsp3) is 0.316. The van der Waals surface area contributed by atoms with E-state index in [1.807, 2.05) is 13.8 Å². The van der Waals surface area contributed by atoms with Crippen molar-refractivity contribution in [1.29, 1.82) is 0 Å². The molecule has 3 heterocycles. The van der Waals surface area contributed by atoms with Gasteiger partial charge in [0, 0.05) is 17.9 Å².